The van der Waals surface area contributed by atoms with Gasteiger partial charge in [0.25, 0.3) is 5.91 Å². The van der Waals surface area contributed by atoms with Gasteiger partial charge in [-0.1, -0.05) is 92.7 Å². The standard InChI is InChI=1S/C49H54N8O6/c1-6-55(49(61)63-5)43(33-12-8-7-9-13-33)47(59)57-25-11-15-41(57)45-50-28-38(52-45)32-18-16-31(17-19-32)34-20-21-36-27-37(23-22-35(36)26-34)39-29-51-44(53-39)40-14-10-24-56(40)46(58)42(30(2)3)54-48(60)62-4/h7-9,12-13,16-23,26-30,40-43H,6,10-11,14-15,24-25H2,1-5H3,(H,50,52)(H,51,53)(H,54,60). The molecule has 2 saturated heterocycles. The summed E-state index contributed by atoms with van der Waals surface area (Å²) in [6.07, 6.45) is 5.68. The van der Waals surface area contributed by atoms with E-state index in [1.807, 2.05) is 73.3 Å². The molecule has 0 saturated carbocycles. The third kappa shape index (κ3) is 8.75. The molecule has 3 N–H and O–H groups in total. The molecule has 2 aliphatic rings. The van der Waals surface area contributed by atoms with Crippen LogP contribution in [0.2, 0.25) is 0 Å². The van der Waals surface area contributed by atoms with Gasteiger partial charge >= 0.3 is 12.2 Å². The highest BCUT2D eigenvalue weighted by Gasteiger charge is 2.40. The fourth-order valence-electron chi connectivity index (χ4n) is 9.03. The van der Waals surface area contributed by atoms with Crippen LogP contribution in [0.3, 0.4) is 0 Å². The molecule has 14 nitrogen and oxygen atoms in total. The van der Waals surface area contributed by atoms with Gasteiger partial charge < -0.3 is 34.6 Å². The highest BCUT2D eigenvalue weighted by Crippen LogP contribution is 2.37. The van der Waals surface area contributed by atoms with Crippen molar-refractivity contribution in [2.45, 2.75) is 70.6 Å². The molecule has 8 rings (SSSR count). The Morgan fingerprint density at radius 2 is 1.25 bits per heavy atom. The highest BCUT2D eigenvalue weighted by atomic mass is 16.5. The number of hydrogen-bond donors (Lipinski definition) is 3. The number of hydrogen-bond acceptors (Lipinski definition) is 8. The van der Waals surface area contributed by atoms with E-state index >= 15 is 0 Å². The lowest BCUT2D eigenvalue weighted by Gasteiger charge is -2.34. The zero-order valence-corrected chi connectivity index (χ0v) is 36.3. The maximum Gasteiger partial charge on any atom is 0.410 e. The SMILES string of the molecule is CCN(C(=O)OC)C(C(=O)N1CCCC1c1ncc(-c2ccc(-c3ccc4cc(-c5cnc(C6CCCN6C(=O)C(NC(=O)OC)C(C)C)[nH]5)ccc4c3)cc2)[nH]1)c1ccccc1. The van der Waals surface area contributed by atoms with Crippen LogP contribution in [0.4, 0.5) is 9.59 Å². The van der Waals surface area contributed by atoms with Crippen molar-refractivity contribution in [1.29, 1.82) is 0 Å². The van der Waals surface area contributed by atoms with Crippen LogP contribution < -0.4 is 5.32 Å². The number of nitrogens with zero attached hydrogens (tertiary/aromatic N) is 5. The van der Waals surface area contributed by atoms with Crippen molar-refractivity contribution in [2.75, 3.05) is 33.9 Å². The van der Waals surface area contributed by atoms with Crippen molar-refractivity contribution in [3.8, 4) is 33.6 Å². The number of nitrogens with one attached hydrogen (secondary N) is 3. The van der Waals surface area contributed by atoms with Gasteiger partial charge in [0.05, 0.1) is 50.1 Å². The molecule has 0 spiro atoms. The first kappa shape index (κ1) is 42.7. The molecule has 2 aliphatic heterocycles. The number of imidazole rings is 2. The van der Waals surface area contributed by atoms with E-state index in [1.165, 1.54) is 19.1 Å². The number of fused-ring (bicyclic) bond motifs is 1. The number of aromatic amines is 2. The average molecular weight is 851 g/mol. The minimum atomic E-state index is -0.815. The summed E-state index contributed by atoms with van der Waals surface area (Å²) in [5.41, 5.74) is 6.59. The second-order valence-electron chi connectivity index (χ2n) is 16.5. The third-order valence-corrected chi connectivity index (χ3v) is 12.4. The molecule has 4 amide bonds. The lowest BCUT2D eigenvalue weighted by molar-refractivity contribution is -0.138. The van der Waals surface area contributed by atoms with Crippen LogP contribution in [-0.4, -0.2) is 98.5 Å². The molecular formula is C49H54N8O6. The molecule has 4 unspecified atom stereocenters. The normalized spacial score (nSPS) is 17.2. The van der Waals surface area contributed by atoms with Crippen molar-refractivity contribution in [3.05, 3.63) is 121 Å². The number of likely N-dealkylation sites (N-methyl/N-ethyl adjacent to an activating group) is 1. The van der Waals surface area contributed by atoms with E-state index in [1.54, 1.807) is 0 Å². The fraction of sp³-hybridized carbons (Fsp3) is 0.347. The molecular weight excluding hydrogens is 797 g/mol. The second kappa shape index (κ2) is 18.6. The van der Waals surface area contributed by atoms with Gasteiger partial charge in [0.1, 0.15) is 23.7 Å². The molecule has 326 valence electrons. The predicted octanol–water partition coefficient (Wildman–Crippen LogP) is 8.82. The molecule has 0 bridgehead atoms. The maximum absolute atomic E-state index is 14.3. The van der Waals surface area contributed by atoms with Crippen LogP contribution in [0.15, 0.2) is 103 Å². The Bertz CT molecular complexity index is 2590. The monoisotopic (exact) mass is 850 g/mol. The number of amides is 4. The number of likely N-dealkylation sites (tertiary alicyclic amines) is 2. The first-order valence-corrected chi connectivity index (χ1v) is 21.7. The Kier molecular flexibility index (Phi) is 12.6. The van der Waals surface area contributed by atoms with Crippen molar-refractivity contribution < 1.29 is 28.7 Å². The summed E-state index contributed by atoms with van der Waals surface area (Å²) < 4.78 is 9.85. The Labute approximate surface area is 367 Å². The summed E-state index contributed by atoms with van der Waals surface area (Å²) in [5, 5.41) is 4.89. The number of aromatic nitrogens is 4. The topological polar surface area (TPSA) is 166 Å². The Morgan fingerprint density at radius 3 is 1.83 bits per heavy atom. The minimum Gasteiger partial charge on any atom is -0.453 e. The van der Waals surface area contributed by atoms with Gasteiger partial charge in [0.2, 0.25) is 5.91 Å². The number of H-pyrrole nitrogens is 2. The molecule has 63 heavy (non-hydrogen) atoms. The highest BCUT2D eigenvalue weighted by molar-refractivity contribution is 5.91. The van der Waals surface area contributed by atoms with Gasteiger partial charge in [-0.2, -0.15) is 0 Å². The quantitative estimate of drug-likeness (QED) is 0.110. The molecule has 0 aliphatic carbocycles. The molecule has 4 heterocycles. The average Bonchev–Trinajstić information content (AvgIpc) is 4.17. The summed E-state index contributed by atoms with van der Waals surface area (Å²) in [4.78, 5) is 74.3. The Balaban J connectivity index is 0.950. The Hall–Kier alpha value is -6.96. The van der Waals surface area contributed by atoms with Gasteiger partial charge in [-0.3, -0.25) is 14.5 Å². The molecule has 0 radical (unpaired) electrons. The van der Waals surface area contributed by atoms with Crippen molar-refractivity contribution in [2.24, 2.45) is 5.92 Å². The number of benzene rings is 4. The van der Waals surface area contributed by atoms with Gasteiger partial charge in [-0.15, -0.1) is 0 Å². The van der Waals surface area contributed by atoms with Gasteiger partial charge in [-0.05, 0) is 83.7 Å². The maximum atomic E-state index is 14.3. The second-order valence-corrected chi connectivity index (χ2v) is 16.5. The Morgan fingerprint density at radius 1 is 0.714 bits per heavy atom. The number of alkyl carbamates (subject to hydrolysis) is 1. The van der Waals surface area contributed by atoms with E-state index < -0.39 is 24.3 Å². The van der Waals surface area contributed by atoms with Crippen molar-refractivity contribution in [1.82, 2.24) is 40.0 Å². The van der Waals surface area contributed by atoms with Crippen LogP contribution in [0.25, 0.3) is 44.4 Å². The number of ether oxygens (including phenoxy) is 2. The minimum absolute atomic E-state index is 0.108. The summed E-state index contributed by atoms with van der Waals surface area (Å²) in [5.74, 6) is 1.04. The lowest BCUT2D eigenvalue weighted by atomic mass is 9.98. The molecule has 4 aromatic carbocycles. The number of carbonyl (C=O) groups excluding carboxylic acids is 4. The van der Waals surface area contributed by atoms with Crippen molar-refractivity contribution >= 4 is 34.8 Å². The van der Waals surface area contributed by atoms with E-state index in [2.05, 4.69) is 75.9 Å². The summed E-state index contributed by atoms with van der Waals surface area (Å²) in [6, 6.07) is 28.5. The largest absolute Gasteiger partial charge is 0.453 e. The smallest absolute Gasteiger partial charge is 0.410 e. The number of methoxy groups -OCH3 is 2. The van der Waals surface area contributed by atoms with Crippen molar-refractivity contribution in [3.63, 3.8) is 0 Å². The first-order valence-electron chi connectivity index (χ1n) is 21.7. The first-order chi connectivity index (χ1) is 30.6. The predicted molar refractivity (Wildman–Crippen MR) is 240 cm³/mol. The zero-order valence-electron chi connectivity index (χ0n) is 36.3. The van der Waals surface area contributed by atoms with Crippen LogP contribution in [0.1, 0.15) is 81.8 Å². The van der Waals surface area contributed by atoms with Crippen LogP contribution in [-0.2, 0) is 19.1 Å². The van der Waals surface area contributed by atoms with E-state index in [4.69, 9.17) is 19.4 Å². The molecule has 14 heteroatoms. The molecule has 4 atom stereocenters. The fourth-order valence-corrected chi connectivity index (χ4v) is 9.03. The zero-order chi connectivity index (χ0) is 44.2. The van der Waals surface area contributed by atoms with E-state index in [0.29, 0.717) is 25.5 Å². The van der Waals surface area contributed by atoms with Crippen LogP contribution in [0.5, 0.6) is 0 Å². The van der Waals surface area contributed by atoms with Crippen LogP contribution in [0, 0.1) is 5.92 Å². The summed E-state index contributed by atoms with van der Waals surface area (Å²) >= 11 is 0. The molecule has 2 fully saturated rings. The third-order valence-electron chi connectivity index (χ3n) is 12.4. The molecule has 2 aromatic heterocycles. The van der Waals surface area contributed by atoms with Gasteiger partial charge in [0.15, 0.2) is 0 Å². The summed E-state index contributed by atoms with van der Waals surface area (Å²) in [7, 11) is 2.63. The summed E-state index contributed by atoms with van der Waals surface area (Å²) in [6.45, 7) is 7.13. The van der Waals surface area contributed by atoms with E-state index in [9.17, 15) is 19.2 Å². The van der Waals surface area contributed by atoms with E-state index in [-0.39, 0.29) is 29.8 Å². The lowest BCUT2D eigenvalue weighted by Crippen LogP contribution is -2.51. The van der Waals surface area contributed by atoms with Gasteiger partial charge in [0, 0.05) is 25.2 Å². The number of carbonyl (C=O) groups is 4. The molecule has 6 aromatic rings. The van der Waals surface area contributed by atoms with E-state index in [0.717, 1.165) is 81.5 Å². The number of rotatable bonds is 12. The van der Waals surface area contributed by atoms with Crippen LogP contribution >= 0.6 is 0 Å². The van der Waals surface area contributed by atoms with Gasteiger partial charge in [-0.25, -0.2) is 19.6 Å².